The molecule has 0 bridgehead atoms. The standard InChI is InChI=1S/C41H50FN3O7/c1-24(2)37-33(19-17-29-21-30(51-41(6,7)50-29)22-34(46)52-40(3,4)5)36(25-12-14-27(42)15-13-25)32-11-9-10-26-20-28(16-18-31(26)38(32)45-37)44-39(48)43-23-35(47)49-8/h12-20,24,29-30H,9-11,21-23H2,1-8H3,(H2,43,44,48)/b19-17+/t29-,30-/m1/s1. The van der Waals surface area contributed by atoms with Gasteiger partial charge < -0.3 is 29.6 Å². The van der Waals surface area contributed by atoms with Gasteiger partial charge in [-0.1, -0.05) is 44.2 Å². The molecule has 2 heterocycles. The first-order chi connectivity index (χ1) is 24.5. The summed E-state index contributed by atoms with van der Waals surface area (Å²) in [4.78, 5) is 42.0. The van der Waals surface area contributed by atoms with Gasteiger partial charge in [-0.25, -0.2) is 9.18 Å². The predicted molar refractivity (Wildman–Crippen MR) is 198 cm³/mol. The van der Waals surface area contributed by atoms with Gasteiger partial charge >= 0.3 is 18.0 Å². The van der Waals surface area contributed by atoms with Crippen molar-refractivity contribution in [3.63, 3.8) is 0 Å². The van der Waals surface area contributed by atoms with E-state index in [2.05, 4.69) is 35.3 Å². The van der Waals surface area contributed by atoms with Crippen LogP contribution in [0.3, 0.4) is 0 Å². The number of hydrogen-bond acceptors (Lipinski definition) is 8. The number of nitrogens with zero attached hydrogens (tertiary/aromatic N) is 1. The molecule has 1 fully saturated rings. The van der Waals surface area contributed by atoms with Crippen LogP contribution in [-0.2, 0) is 41.4 Å². The number of benzene rings is 2. The molecule has 0 radical (unpaired) electrons. The van der Waals surface area contributed by atoms with Crippen LogP contribution >= 0.6 is 0 Å². The van der Waals surface area contributed by atoms with E-state index >= 15 is 0 Å². The molecule has 1 aliphatic heterocycles. The second-order valence-electron chi connectivity index (χ2n) is 15.1. The number of nitrogens with one attached hydrogen (secondary N) is 2. The van der Waals surface area contributed by atoms with Crippen LogP contribution in [0.2, 0.25) is 0 Å². The third kappa shape index (κ3) is 9.83. The normalized spacial score (nSPS) is 18.3. The van der Waals surface area contributed by atoms with Crippen molar-refractivity contribution >= 4 is 29.7 Å². The molecule has 2 aliphatic rings. The van der Waals surface area contributed by atoms with Crippen LogP contribution < -0.4 is 10.6 Å². The van der Waals surface area contributed by atoms with Gasteiger partial charge in [0.25, 0.3) is 0 Å². The van der Waals surface area contributed by atoms with Crippen LogP contribution in [0, 0.1) is 5.82 Å². The van der Waals surface area contributed by atoms with Crippen molar-refractivity contribution in [2.45, 2.75) is 110 Å². The molecule has 52 heavy (non-hydrogen) atoms. The number of halogens is 1. The van der Waals surface area contributed by atoms with E-state index in [9.17, 15) is 18.8 Å². The first-order valence-electron chi connectivity index (χ1n) is 17.8. The summed E-state index contributed by atoms with van der Waals surface area (Å²) in [5.74, 6) is -2.08. The topological polar surface area (TPSA) is 125 Å². The number of urea groups is 1. The second kappa shape index (κ2) is 16.0. The van der Waals surface area contributed by atoms with Crippen LogP contribution in [0.5, 0.6) is 0 Å². The third-order valence-electron chi connectivity index (χ3n) is 8.83. The Hall–Kier alpha value is -4.61. The van der Waals surface area contributed by atoms with Gasteiger partial charge in [-0.2, -0.15) is 0 Å². The number of rotatable bonds is 9. The summed E-state index contributed by atoms with van der Waals surface area (Å²) in [6.07, 6.45) is 6.20. The molecule has 10 nitrogen and oxygen atoms in total. The van der Waals surface area contributed by atoms with E-state index in [-0.39, 0.29) is 36.8 Å². The summed E-state index contributed by atoms with van der Waals surface area (Å²) in [6.45, 7) is 13.2. The number of aryl methyl sites for hydroxylation is 1. The maximum atomic E-state index is 14.3. The Bertz CT molecular complexity index is 1830. The maximum absolute atomic E-state index is 14.3. The zero-order valence-corrected chi connectivity index (χ0v) is 31.4. The van der Waals surface area contributed by atoms with E-state index in [0.717, 1.165) is 64.0 Å². The van der Waals surface area contributed by atoms with E-state index in [1.807, 2.05) is 71.0 Å². The Balaban J connectivity index is 1.55. The number of carbonyl (C=O) groups excluding carboxylic acids is 3. The Morgan fingerprint density at radius 2 is 1.79 bits per heavy atom. The van der Waals surface area contributed by atoms with Crippen molar-refractivity contribution in [1.82, 2.24) is 10.3 Å². The van der Waals surface area contributed by atoms with Crippen molar-refractivity contribution in [3.05, 3.63) is 76.7 Å². The highest BCUT2D eigenvalue weighted by Crippen LogP contribution is 2.43. The van der Waals surface area contributed by atoms with Crippen molar-refractivity contribution < 1.29 is 37.7 Å². The highest BCUT2D eigenvalue weighted by atomic mass is 19.1. The minimum atomic E-state index is -0.925. The third-order valence-corrected chi connectivity index (χ3v) is 8.83. The number of esters is 2. The van der Waals surface area contributed by atoms with Crippen LogP contribution in [0.25, 0.3) is 28.5 Å². The first-order valence-corrected chi connectivity index (χ1v) is 17.8. The number of fused-ring (bicyclic) bond motifs is 3. The number of anilines is 1. The Morgan fingerprint density at radius 1 is 1.06 bits per heavy atom. The average Bonchev–Trinajstić information content (AvgIpc) is 3.23. The molecule has 2 aromatic carbocycles. The van der Waals surface area contributed by atoms with E-state index in [0.29, 0.717) is 12.1 Å². The van der Waals surface area contributed by atoms with Crippen LogP contribution in [0.4, 0.5) is 14.9 Å². The molecular formula is C41H50FN3O7. The molecule has 0 unspecified atom stereocenters. The van der Waals surface area contributed by atoms with Crippen LogP contribution in [0.1, 0.15) is 96.0 Å². The van der Waals surface area contributed by atoms with Crippen molar-refractivity contribution in [1.29, 1.82) is 0 Å². The molecule has 0 spiro atoms. The smallest absolute Gasteiger partial charge is 0.325 e. The first kappa shape index (κ1) is 38.6. The number of ether oxygens (including phenoxy) is 4. The summed E-state index contributed by atoms with van der Waals surface area (Å²) in [5, 5.41) is 5.30. The zero-order valence-electron chi connectivity index (χ0n) is 31.4. The van der Waals surface area contributed by atoms with Gasteiger partial charge in [0.2, 0.25) is 0 Å². The van der Waals surface area contributed by atoms with Crippen molar-refractivity contribution in [2.75, 3.05) is 19.0 Å². The molecule has 5 rings (SSSR count). The molecule has 1 saturated heterocycles. The summed E-state index contributed by atoms with van der Waals surface area (Å²) in [5.41, 5.74) is 7.59. The van der Waals surface area contributed by atoms with Gasteiger partial charge in [0.05, 0.1) is 37.1 Å². The van der Waals surface area contributed by atoms with Gasteiger partial charge in [0.15, 0.2) is 5.79 Å². The molecule has 3 aromatic rings. The van der Waals surface area contributed by atoms with Gasteiger partial charge in [-0.05, 0) is 106 Å². The number of methoxy groups -OCH3 is 1. The van der Waals surface area contributed by atoms with Crippen LogP contribution in [0.15, 0.2) is 48.5 Å². The Labute approximate surface area is 305 Å². The lowest BCUT2D eigenvalue weighted by Crippen LogP contribution is -2.45. The lowest BCUT2D eigenvalue weighted by Gasteiger charge is -2.40. The molecule has 2 amide bonds. The van der Waals surface area contributed by atoms with E-state index in [4.69, 9.17) is 19.2 Å². The van der Waals surface area contributed by atoms with Gasteiger partial charge in [-0.15, -0.1) is 0 Å². The fraction of sp³-hybridized carbons (Fsp3) is 0.463. The predicted octanol–water partition coefficient (Wildman–Crippen LogP) is 8.12. The quantitative estimate of drug-likeness (QED) is 0.213. The number of pyridine rings is 1. The average molecular weight is 716 g/mol. The summed E-state index contributed by atoms with van der Waals surface area (Å²) in [7, 11) is 1.26. The summed E-state index contributed by atoms with van der Waals surface area (Å²) in [6, 6.07) is 11.8. The minimum Gasteiger partial charge on any atom is -0.468 e. The van der Waals surface area contributed by atoms with E-state index in [1.54, 1.807) is 0 Å². The minimum absolute atomic E-state index is 0.0299. The molecule has 2 atom stereocenters. The molecule has 11 heteroatoms. The number of aromatic nitrogens is 1. The molecule has 278 valence electrons. The van der Waals surface area contributed by atoms with Gasteiger partial charge in [0.1, 0.15) is 18.0 Å². The van der Waals surface area contributed by atoms with Crippen LogP contribution in [-0.4, -0.2) is 60.2 Å². The molecule has 2 N–H and O–H groups in total. The molecule has 0 saturated carbocycles. The van der Waals surface area contributed by atoms with Gasteiger partial charge in [0, 0.05) is 23.2 Å². The lowest BCUT2D eigenvalue weighted by molar-refractivity contribution is -0.290. The molecular weight excluding hydrogens is 665 g/mol. The second-order valence-corrected chi connectivity index (χ2v) is 15.1. The monoisotopic (exact) mass is 715 g/mol. The molecule has 1 aliphatic carbocycles. The number of amides is 2. The largest absolute Gasteiger partial charge is 0.468 e. The molecule has 1 aromatic heterocycles. The van der Waals surface area contributed by atoms with Gasteiger partial charge in [-0.3, -0.25) is 14.6 Å². The SMILES string of the molecule is COC(=O)CNC(=O)Nc1ccc2c(c1)CCCc1c-2nc(C(C)C)c(/C=C/[C@@H]2C[C@H](CC(=O)OC(C)(C)C)OC(C)(C)O2)c1-c1ccc(F)cc1. The Morgan fingerprint density at radius 3 is 2.46 bits per heavy atom. The fourth-order valence-electron chi connectivity index (χ4n) is 6.81. The number of hydrogen-bond donors (Lipinski definition) is 2. The van der Waals surface area contributed by atoms with E-state index < -0.39 is 29.5 Å². The zero-order chi connectivity index (χ0) is 37.8. The highest BCUT2D eigenvalue weighted by molar-refractivity contribution is 5.92. The fourth-order valence-corrected chi connectivity index (χ4v) is 6.81. The van der Waals surface area contributed by atoms with Crippen molar-refractivity contribution in [3.8, 4) is 22.4 Å². The Kier molecular flexibility index (Phi) is 11.9. The van der Waals surface area contributed by atoms with E-state index in [1.165, 1.54) is 19.2 Å². The number of carbonyl (C=O) groups is 3. The summed E-state index contributed by atoms with van der Waals surface area (Å²) < 4.78 is 36.9. The highest BCUT2D eigenvalue weighted by Gasteiger charge is 2.36. The lowest BCUT2D eigenvalue weighted by atomic mass is 9.86. The summed E-state index contributed by atoms with van der Waals surface area (Å²) >= 11 is 0. The maximum Gasteiger partial charge on any atom is 0.325 e. The van der Waals surface area contributed by atoms with Crippen molar-refractivity contribution in [2.24, 2.45) is 0 Å².